The van der Waals surface area contributed by atoms with E-state index in [2.05, 4.69) is 4.98 Å². The molecule has 0 fully saturated rings. The van der Waals surface area contributed by atoms with Crippen molar-refractivity contribution in [3.05, 3.63) is 38.2 Å². The molecule has 0 N–H and O–H groups in total. The maximum absolute atomic E-state index is 12.6. The first-order chi connectivity index (χ1) is 10.6. The first-order valence-corrected chi connectivity index (χ1v) is 7.15. The van der Waals surface area contributed by atoms with Crippen LogP contribution in [0.3, 0.4) is 0 Å². The molecule has 0 bridgehead atoms. The number of carbonyl (C=O) groups is 1. The Hall–Kier alpha value is -2.75. The average Bonchev–Trinajstić information content (AvgIpc) is 2.51. The average molecular weight is 298 g/mol. The van der Waals surface area contributed by atoms with E-state index >= 15 is 0 Å². The second-order valence-corrected chi connectivity index (χ2v) is 5.20. The van der Waals surface area contributed by atoms with Crippen molar-refractivity contribution in [2.45, 2.75) is 39.3 Å². The number of aryl methyl sites for hydroxylation is 2. The summed E-state index contributed by atoms with van der Waals surface area (Å²) in [5.74, 6) is -0.0314. The minimum absolute atomic E-state index is 0.0314. The zero-order valence-electron chi connectivity index (χ0n) is 12.1. The fourth-order valence-corrected chi connectivity index (χ4v) is 2.98. The van der Waals surface area contributed by atoms with Crippen molar-refractivity contribution in [3.63, 3.8) is 0 Å². The Balaban J connectivity index is 2.53. The van der Waals surface area contributed by atoms with Gasteiger partial charge in [0.25, 0.3) is 5.56 Å². The number of fused-ring (bicyclic) bond motifs is 3. The van der Waals surface area contributed by atoms with Gasteiger partial charge < -0.3 is 0 Å². The number of carbonyl (C=O) groups excluding carboxylic acids is 1. The second kappa shape index (κ2) is 5.22. The lowest BCUT2D eigenvalue weighted by atomic mass is 9.90. The summed E-state index contributed by atoms with van der Waals surface area (Å²) in [6.07, 6.45) is 3.18. The van der Waals surface area contributed by atoms with Crippen LogP contribution in [0.25, 0.3) is 11.0 Å². The van der Waals surface area contributed by atoms with Crippen LogP contribution >= 0.6 is 0 Å². The molecule has 1 aliphatic carbocycles. The number of nitrogens with zero attached hydrogens (tertiary/aromatic N) is 4. The van der Waals surface area contributed by atoms with Crippen LogP contribution in [0.2, 0.25) is 0 Å². The molecule has 3 rings (SSSR count). The number of nitriles is 1. The van der Waals surface area contributed by atoms with Gasteiger partial charge in [-0.05, 0) is 25.3 Å². The molecule has 7 heteroatoms. The summed E-state index contributed by atoms with van der Waals surface area (Å²) in [5, 5.41) is 9.15. The van der Waals surface area contributed by atoms with Gasteiger partial charge in [-0.2, -0.15) is 5.26 Å². The Kier molecular flexibility index (Phi) is 3.37. The summed E-state index contributed by atoms with van der Waals surface area (Å²) < 4.78 is 2.28. The van der Waals surface area contributed by atoms with Crippen molar-refractivity contribution in [1.82, 2.24) is 14.1 Å². The van der Waals surface area contributed by atoms with E-state index in [0.29, 0.717) is 48.0 Å². The van der Waals surface area contributed by atoms with Crippen LogP contribution in [0.4, 0.5) is 0 Å². The molecule has 0 saturated carbocycles. The summed E-state index contributed by atoms with van der Waals surface area (Å²) in [6.45, 7) is 1.79. The molecule has 1 aliphatic rings. The minimum atomic E-state index is -0.545. The first-order valence-electron chi connectivity index (χ1n) is 7.15. The molecule has 0 saturated heterocycles. The lowest BCUT2D eigenvalue weighted by Gasteiger charge is -2.18. The van der Waals surface area contributed by atoms with E-state index < -0.39 is 11.2 Å². The zero-order valence-corrected chi connectivity index (χ0v) is 12.1. The van der Waals surface area contributed by atoms with Gasteiger partial charge in [0.1, 0.15) is 12.2 Å². The van der Waals surface area contributed by atoms with Crippen molar-refractivity contribution >= 4 is 16.8 Å². The molecule has 112 valence electrons. The summed E-state index contributed by atoms with van der Waals surface area (Å²) in [5.41, 5.74) is 0.322. The van der Waals surface area contributed by atoms with Gasteiger partial charge in [0.15, 0.2) is 5.78 Å². The van der Waals surface area contributed by atoms with Crippen LogP contribution in [-0.2, 0) is 19.5 Å². The topological polar surface area (TPSA) is 97.8 Å². The number of ketones is 1. The molecule has 0 amide bonds. The highest BCUT2D eigenvalue weighted by Gasteiger charge is 2.24. The van der Waals surface area contributed by atoms with Gasteiger partial charge >= 0.3 is 5.69 Å². The van der Waals surface area contributed by atoms with Gasteiger partial charge in [-0.25, -0.2) is 14.3 Å². The number of Topliss-reactive ketones (excluding diaryl/α,β-unsaturated/α-hetero) is 1. The normalized spacial score (nSPS) is 13.9. The van der Waals surface area contributed by atoms with Crippen LogP contribution in [0.5, 0.6) is 0 Å². The van der Waals surface area contributed by atoms with Crippen molar-refractivity contribution < 1.29 is 4.79 Å². The zero-order chi connectivity index (χ0) is 15.9. The highest BCUT2D eigenvalue weighted by Crippen LogP contribution is 2.25. The van der Waals surface area contributed by atoms with Crippen LogP contribution < -0.4 is 11.2 Å². The highest BCUT2D eigenvalue weighted by atomic mass is 16.2. The van der Waals surface area contributed by atoms with Crippen molar-refractivity contribution in [2.75, 3.05) is 0 Å². The Morgan fingerprint density at radius 3 is 2.73 bits per heavy atom. The smallest absolute Gasteiger partial charge is 0.294 e. The molecule has 0 aromatic carbocycles. The van der Waals surface area contributed by atoms with E-state index in [4.69, 9.17) is 5.26 Å². The third-order valence-electron chi connectivity index (χ3n) is 4.02. The molecule has 22 heavy (non-hydrogen) atoms. The predicted octanol–water partition coefficient (Wildman–Crippen LogP) is 0.621. The number of pyridine rings is 1. The van der Waals surface area contributed by atoms with E-state index in [1.807, 2.05) is 6.07 Å². The molecule has 2 aromatic heterocycles. The molecular weight excluding hydrogens is 284 g/mol. The van der Waals surface area contributed by atoms with Gasteiger partial charge in [-0.3, -0.25) is 14.2 Å². The molecule has 2 aromatic rings. The van der Waals surface area contributed by atoms with Gasteiger partial charge in [0.05, 0.1) is 11.5 Å². The maximum atomic E-state index is 12.6. The maximum Gasteiger partial charge on any atom is 0.333 e. The number of aromatic nitrogens is 3. The van der Waals surface area contributed by atoms with E-state index in [-0.39, 0.29) is 12.3 Å². The molecule has 0 unspecified atom stereocenters. The van der Waals surface area contributed by atoms with Crippen LogP contribution in [0.1, 0.15) is 35.7 Å². The van der Waals surface area contributed by atoms with Crippen LogP contribution in [-0.4, -0.2) is 19.9 Å². The lowest BCUT2D eigenvalue weighted by molar-refractivity contribution is 0.0972. The Morgan fingerprint density at radius 1 is 1.27 bits per heavy atom. The van der Waals surface area contributed by atoms with Crippen molar-refractivity contribution in [3.8, 4) is 6.07 Å². The minimum Gasteiger partial charge on any atom is -0.294 e. The molecule has 0 radical (unpaired) electrons. The largest absolute Gasteiger partial charge is 0.333 e. The van der Waals surface area contributed by atoms with Crippen LogP contribution in [0, 0.1) is 11.3 Å². The fourth-order valence-electron chi connectivity index (χ4n) is 2.98. The molecular formula is C15H14N4O3. The predicted molar refractivity (Wildman–Crippen MR) is 78.8 cm³/mol. The van der Waals surface area contributed by atoms with Crippen molar-refractivity contribution in [2.24, 2.45) is 0 Å². The fraction of sp³-hybridized carbons (Fsp3) is 0.400. The van der Waals surface area contributed by atoms with E-state index in [1.165, 1.54) is 10.8 Å². The Labute approximate surface area is 125 Å². The second-order valence-electron chi connectivity index (χ2n) is 5.20. The molecule has 0 spiro atoms. The molecule has 0 atom stereocenters. The summed E-state index contributed by atoms with van der Waals surface area (Å²) in [7, 11) is 0. The van der Waals surface area contributed by atoms with Gasteiger partial charge in [-0.15, -0.1) is 0 Å². The van der Waals surface area contributed by atoms with Crippen molar-refractivity contribution in [1.29, 1.82) is 5.26 Å². The highest BCUT2D eigenvalue weighted by molar-refractivity contribution is 6.01. The first kappa shape index (κ1) is 14.2. The number of rotatable bonds is 2. The van der Waals surface area contributed by atoms with E-state index in [9.17, 15) is 14.4 Å². The van der Waals surface area contributed by atoms with Crippen LogP contribution in [0.15, 0.2) is 15.8 Å². The van der Waals surface area contributed by atoms with Gasteiger partial charge in [-0.1, -0.05) is 0 Å². The number of hydrogen-bond donors (Lipinski definition) is 0. The standard InChI is InChI=1S/C15H14N4O3/c1-2-18-13-12(14(21)19(7-6-16)15(18)22)9-4-3-5-11(20)10(9)8-17-13/h8H,2-5,7H2,1H3. The summed E-state index contributed by atoms with van der Waals surface area (Å²) in [6, 6.07) is 1.83. The Morgan fingerprint density at radius 2 is 2.05 bits per heavy atom. The third-order valence-corrected chi connectivity index (χ3v) is 4.02. The molecule has 2 heterocycles. The van der Waals surface area contributed by atoms with E-state index in [0.717, 1.165) is 4.57 Å². The summed E-state index contributed by atoms with van der Waals surface area (Å²) >= 11 is 0. The monoisotopic (exact) mass is 298 g/mol. The Bertz CT molecular complexity index is 946. The molecule has 7 nitrogen and oxygen atoms in total. The lowest BCUT2D eigenvalue weighted by Crippen LogP contribution is -2.40. The van der Waals surface area contributed by atoms with Gasteiger partial charge in [0.2, 0.25) is 0 Å². The van der Waals surface area contributed by atoms with E-state index in [1.54, 1.807) is 6.92 Å². The number of hydrogen-bond acceptors (Lipinski definition) is 5. The van der Waals surface area contributed by atoms with Gasteiger partial charge in [0, 0.05) is 24.7 Å². The third kappa shape index (κ3) is 1.88. The molecule has 0 aliphatic heterocycles. The SMILES string of the molecule is CCn1c(=O)n(CC#N)c(=O)c2c3c(cnc21)C(=O)CCC3. The quantitative estimate of drug-likeness (QED) is 0.809. The summed E-state index contributed by atoms with van der Waals surface area (Å²) in [4.78, 5) is 41.1.